The molecule has 7 heteroatoms. The van der Waals surface area contributed by atoms with Crippen LogP contribution >= 0.6 is 0 Å². The standard InChI is InChI=1S/C16H17N5O2/c1-3-12(15-17-10(2)19-20-15)18-16(22)14-9-13(21-23-14)11-7-5-4-6-8-11/h4-9,12H,3H2,1-2H3,(H,18,22)(H,17,19,20)/t12-/m1/s1. The maximum absolute atomic E-state index is 12.3. The highest BCUT2D eigenvalue weighted by Gasteiger charge is 2.21. The maximum Gasteiger partial charge on any atom is 0.290 e. The van der Waals surface area contributed by atoms with Crippen molar-refractivity contribution in [2.24, 2.45) is 0 Å². The normalized spacial score (nSPS) is 12.1. The van der Waals surface area contributed by atoms with Crippen molar-refractivity contribution < 1.29 is 9.32 Å². The van der Waals surface area contributed by atoms with E-state index in [0.717, 1.165) is 5.56 Å². The lowest BCUT2D eigenvalue weighted by Crippen LogP contribution is -2.28. The molecule has 0 aliphatic rings. The molecule has 2 aromatic heterocycles. The van der Waals surface area contributed by atoms with Crippen molar-refractivity contribution in [3.63, 3.8) is 0 Å². The summed E-state index contributed by atoms with van der Waals surface area (Å²) < 4.78 is 5.16. The molecular weight excluding hydrogens is 294 g/mol. The van der Waals surface area contributed by atoms with Crippen molar-refractivity contribution in [2.45, 2.75) is 26.3 Å². The molecule has 3 aromatic rings. The molecule has 1 aromatic carbocycles. The van der Waals surface area contributed by atoms with Gasteiger partial charge in [-0.1, -0.05) is 42.4 Å². The Balaban J connectivity index is 1.74. The molecule has 118 valence electrons. The van der Waals surface area contributed by atoms with Crippen LogP contribution < -0.4 is 5.32 Å². The molecule has 0 aliphatic heterocycles. The van der Waals surface area contributed by atoms with E-state index in [1.807, 2.05) is 44.2 Å². The van der Waals surface area contributed by atoms with Crippen molar-refractivity contribution in [3.05, 3.63) is 53.8 Å². The number of aromatic amines is 1. The van der Waals surface area contributed by atoms with E-state index in [9.17, 15) is 4.79 Å². The lowest BCUT2D eigenvalue weighted by atomic mass is 10.1. The molecule has 23 heavy (non-hydrogen) atoms. The van der Waals surface area contributed by atoms with Crippen LogP contribution in [0.15, 0.2) is 40.9 Å². The molecule has 1 atom stereocenters. The Morgan fingerprint density at radius 1 is 1.35 bits per heavy atom. The minimum atomic E-state index is -0.339. The van der Waals surface area contributed by atoms with Gasteiger partial charge in [0.2, 0.25) is 5.76 Å². The van der Waals surface area contributed by atoms with Gasteiger partial charge in [-0.3, -0.25) is 9.89 Å². The number of benzene rings is 1. The predicted octanol–water partition coefficient (Wildman–Crippen LogP) is 2.65. The van der Waals surface area contributed by atoms with Gasteiger partial charge in [0.25, 0.3) is 5.91 Å². The molecule has 0 saturated heterocycles. The van der Waals surface area contributed by atoms with E-state index in [1.165, 1.54) is 0 Å². The smallest absolute Gasteiger partial charge is 0.290 e. The first kappa shape index (κ1) is 15.0. The van der Waals surface area contributed by atoms with Gasteiger partial charge in [-0.05, 0) is 13.3 Å². The van der Waals surface area contributed by atoms with Crippen LogP contribution in [0.1, 0.15) is 41.6 Å². The number of rotatable bonds is 5. The Morgan fingerprint density at radius 2 is 2.13 bits per heavy atom. The van der Waals surface area contributed by atoms with Gasteiger partial charge in [0.1, 0.15) is 11.5 Å². The Bertz CT molecular complexity index is 794. The summed E-state index contributed by atoms with van der Waals surface area (Å²) in [6.07, 6.45) is 0.669. The number of amides is 1. The number of aromatic nitrogens is 4. The summed E-state index contributed by atoms with van der Waals surface area (Å²) in [6.45, 7) is 3.76. The molecule has 0 spiro atoms. The fraction of sp³-hybridized carbons (Fsp3) is 0.250. The van der Waals surface area contributed by atoms with Crippen LogP contribution in [-0.4, -0.2) is 26.2 Å². The van der Waals surface area contributed by atoms with Crippen LogP contribution in [0.2, 0.25) is 0 Å². The second kappa shape index (κ2) is 6.43. The van der Waals surface area contributed by atoms with Crippen LogP contribution in [0.25, 0.3) is 11.3 Å². The van der Waals surface area contributed by atoms with Crippen molar-refractivity contribution >= 4 is 5.91 Å². The second-order valence-corrected chi connectivity index (χ2v) is 5.16. The number of hydrogen-bond donors (Lipinski definition) is 2. The molecule has 1 amide bonds. The summed E-state index contributed by atoms with van der Waals surface area (Å²) in [5.41, 5.74) is 1.52. The van der Waals surface area contributed by atoms with Gasteiger partial charge in [0, 0.05) is 11.6 Å². The number of nitrogens with one attached hydrogen (secondary N) is 2. The molecule has 0 fully saturated rings. The third-order valence-corrected chi connectivity index (χ3v) is 3.44. The second-order valence-electron chi connectivity index (χ2n) is 5.16. The minimum absolute atomic E-state index is 0.162. The van der Waals surface area contributed by atoms with E-state index in [-0.39, 0.29) is 17.7 Å². The largest absolute Gasteiger partial charge is 0.350 e. The first-order chi connectivity index (χ1) is 11.2. The summed E-state index contributed by atoms with van der Waals surface area (Å²) in [5, 5.41) is 13.7. The zero-order chi connectivity index (χ0) is 16.2. The number of H-pyrrole nitrogens is 1. The quantitative estimate of drug-likeness (QED) is 0.755. The molecule has 7 nitrogen and oxygen atoms in total. The Kier molecular flexibility index (Phi) is 4.18. The molecule has 0 unspecified atom stereocenters. The monoisotopic (exact) mass is 311 g/mol. The van der Waals surface area contributed by atoms with E-state index in [2.05, 4.69) is 25.7 Å². The zero-order valence-electron chi connectivity index (χ0n) is 12.9. The summed E-state index contributed by atoms with van der Waals surface area (Å²) in [4.78, 5) is 16.6. The van der Waals surface area contributed by atoms with E-state index in [0.29, 0.717) is 23.8 Å². The number of carbonyl (C=O) groups excluding carboxylic acids is 1. The van der Waals surface area contributed by atoms with Gasteiger partial charge in [0.15, 0.2) is 5.82 Å². The van der Waals surface area contributed by atoms with E-state index < -0.39 is 0 Å². The number of carbonyl (C=O) groups is 1. The number of hydrogen-bond acceptors (Lipinski definition) is 5. The zero-order valence-corrected chi connectivity index (χ0v) is 12.9. The minimum Gasteiger partial charge on any atom is -0.350 e. The van der Waals surface area contributed by atoms with Crippen LogP contribution in [0.4, 0.5) is 0 Å². The fourth-order valence-electron chi connectivity index (χ4n) is 2.22. The number of aryl methyl sites for hydroxylation is 1. The summed E-state index contributed by atoms with van der Waals surface area (Å²) in [7, 11) is 0. The maximum atomic E-state index is 12.3. The molecule has 2 N–H and O–H groups in total. The Morgan fingerprint density at radius 3 is 2.78 bits per heavy atom. The van der Waals surface area contributed by atoms with Crippen molar-refractivity contribution in [1.82, 2.24) is 25.7 Å². The van der Waals surface area contributed by atoms with Gasteiger partial charge in [-0.2, -0.15) is 5.10 Å². The third-order valence-electron chi connectivity index (χ3n) is 3.44. The van der Waals surface area contributed by atoms with Gasteiger partial charge < -0.3 is 9.84 Å². The third kappa shape index (κ3) is 3.28. The summed E-state index contributed by atoms with van der Waals surface area (Å²) >= 11 is 0. The van der Waals surface area contributed by atoms with Gasteiger partial charge >= 0.3 is 0 Å². The van der Waals surface area contributed by atoms with Crippen LogP contribution in [0, 0.1) is 6.92 Å². The lowest BCUT2D eigenvalue weighted by molar-refractivity contribution is 0.0896. The van der Waals surface area contributed by atoms with Gasteiger partial charge in [-0.15, -0.1) is 0 Å². The topological polar surface area (TPSA) is 96.7 Å². The van der Waals surface area contributed by atoms with Crippen LogP contribution in [0.5, 0.6) is 0 Å². The highest BCUT2D eigenvalue weighted by molar-refractivity contribution is 5.92. The van der Waals surface area contributed by atoms with Crippen LogP contribution in [-0.2, 0) is 0 Å². The molecule has 3 rings (SSSR count). The molecular formula is C16H17N5O2. The lowest BCUT2D eigenvalue weighted by Gasteiger charge is -2.11. The highest BCUT2D eigenvalue weighted by atomic mass is 16.5. The van der Waals surface area contributed by atoms with Crippen LogP contribution in [0.3, 0.4) is 0 Å². The van der Waals surface area contributed by atoms with E-state index >= 15 is 0 Å². The number of nitrogens with zero attached hydrogens (tertiary/aromatic N) is 3. The average Bonchev–Trinajstić information content (AvgIpc) is 3.22. The van der Waals surface area contributed by atoms with E-state index in [1.54, 1.807) is 6.07 Å². The van der Waals surface area contributed by atoms with Gasteiger partial charge in [-0.25, -0.2) is 4.98 Å². The predicted molar refractivity (Wildman–Crippen MR) is 83.6 cm³/mol. The average molecular weight is 311 g/mol. The fourth-order valence-corrected chi connectivity index (χ4v) is 2.22. The van der Waals surface area contributed by atoms with E-state index in [4.69, 9.17) is 4.52 Å². The van der Waals surface area contributed by atoms with Gasteiger partial charge in [0.05, 0.1) is 6.04 Å². The van der Waals surface area contributed by atoms with Crippen molar-refractivity contribution in [1.29, 1.82) is 0 Å². The Hall–Kier alpha value is -2.96. The molecule has 0 radical (unpaired) electrons. The highest BCUT2D eigenvalue weighted by Crippen LogP contribution is 2.19. The van der Waals surface area contributed by atoms with Crippen molar-refractivity contribution in [3.8, 4) is 11.3 Å². The summed E-state index contributed by atoms with van der Waals surface area (Å²) in [5.74, 6) is 1.09. The first-order valence-electron chi connectivity index (χ1n) is 7.39. The summed E-state index contributed by atoms with van der Waals surface area (Å²) in [6, 6.07) is 10.9. The first-order valence-corrected chi connectivity index (χ1v) is 7.39. The van der Waals surface area contributed by atoms with Crippen molar-refractivity contribution in [2.75, 3.05) is 0 Å². The Labute approximate surface area is 133 Å². The molecule has 0 aliphatic carbocycles. The SMILES string of the molecule is CC[C@@H](NC(=O)c1cc(-c2ccccc2)no1)c1n[nH]c(C)n1. The molecule has 0 saturated carbocycles. The molecule has 2 heterocycles. The molecule has 0 bridgehead atoms.